The van der Waals surface area contributed by atoms with Gasteiger partial charge >= 0.3 is 14.2 Å². The Bertz CT molecular complexity index is 934. The van der Waals surface area contributed by atoms with Gasteiger partial charge in [0.05, 0.1) is 0 Å². The second-order valence-electron chi connectivity index (χ2n) is 6.90. The number of hydrogen-bond donors (Lipinski definition) is 4. The molecule has 0 aromatic heterocycles. The summed E-state index contributed by atoms with van der Waals surface area (Å²) in [4.78, 5) is 26.2. The molecule has 2 aliphatic heterocycles. The third-order valence-electron chi connectivity index (χ3n) is 4.83. The second-order valence-corrected chi connectivity index (χ2v) is 6.90. The van der Waals surface area contributed by atoms with Gasteiger partial charge in [-0.05, 0) is 34.2 Å². The molecule has 0 fully saturated rings. The maximum atomic E-state index is 11.5. The third kappa shape index (κ3) is 3.81. The van der Waals surface area contributed by atoms with Gasteiger partial charge in [-0.15, -0.1) is 0 Å². The van der Waals surface area contributed by atoms with Crippen LogP contribution in [0.5, 0.6) is 0 Å². The van der Waals surface area contributed by atoms with E-state index in [2.05, 4.69) is 0 Å². The van der Waals surface area contributed by atoms with Crippen LogP contribution in [0.4, 0.5) is 0 Å². The van der Waals surface area contributed by atoms with Crippen molar-refractivity contribution in [3.05, 3.63) is 58.7 Å². The summed E-state index contributed by atoms with van der Waals surface area (Å²) in [5.74, 6) is -0.0820. The van der Waals surface area contributed by atoms with Gasteiger partial charge in [0, 0.05) is 38.3 Å². The largest absolute Gasteiger partial charge is 0.488 e. The Morgan fingerprint density at radius 2 is 1.21 bits per heavy atom. The molecular weight excluding hydrogens is 362 g/mol. The number of carbonyl (C=O) groups excluding carboxylic acids is 2. The van der Waals surface area contributed by atoms with Gasteiger partial charge in [0.15, 0.2) is 0 Å². The predicted molar refractivity (Wildman–Crippen MR) is 104 cm³/mol. The lowest BCUT2D eigenvalue weighted by molar-refractivity contribution is 0.0809. The lowest BCUT2D eigenvalue weighted by atomic mass is 9.79. The Morgan fingerprint density at radius 3 is 1.82 bits per heavy atom. The first-order valence-electron chi connectivity index (χ1n) is 8.68. The van der Waals surface area contributed by atoms with Crippen molar-refractivity contribution in [2.45, 2.75) is 13.1 Å². The molecule has 4 rings (SSSR count). The maximum absolute atomic E-state index is 11.5. The monoisotopic (exact) mass is 382 g/mol. The minimum absolute atomic E-state index is 0.0148. The highest BCUT2D eigenvalue weighted by Gasteiger charge is 2.26. The average molecular weight is 382 g/mol. The van der Waals surface area contributed by atoms with Crippen LogP contribution in [0.3, 0.4) is 0 Å². The summed E-state index contributed by atoms with van der Waals surface area (Å²) in [6.07, 6.45) is 0. The molecule has 0 saturated carbocycles. The molecule has 0 radical (unpaired) electrons. The molecule has 28 heavy (non-hydrogen) atoms. The molecule has 2 aromatic carbocycles. The lowest BCUT2D eigenvalue weighted by Gasteiger charge is -2.04. The van der Waals surface area contributed by atoms with Crippen molar-refractivity contribution >= 4 is 37.0 Å². The number of hydrogen-bond acceptors (Lipinski definition) is 6. The molecule has 0 saturated heterocycles. The zero-order valence-corrected chi connectivity index (χ0v) is 15.5. The van der Waals surface area contributed by atoms with Crippen LogP contribution in [0.25, 0.3) is 0 Å². The van der Waals surface area contributed by atoms with Gasteiger partial charge in [0.2, 0.25) is 0 Å². The van der Waals surface area contributed by atoms with Crippen molar-refractivity contribution in [3.63, 3.8) is 0 Å². The Hall–Kier alpha value is -2.65. The van der Waals surface area contributed by atoms with Crippen molar-refractivity contribution < 1.29 is 29.7 Å². The van der Waals surface area contributed by atoms with Gasteiger partial charge in [-0.2, -0.15) is 0 Å². The van der Waals surface area contributed by atoms with Crippen LogP contribution in [0.15, 0.2) is 36.4 Å². The second kappa shape index (κ2) is 7.76. The summed E-state index contributed by atoms with van der Waals surface area (Å²) in [6, 6.07) is 9.76. The normalized spacial score (nSPS) is 14.5. The Morgan fingerprint density at radius 1 is 0.714 bits per heavy atom. The van der Waals surface area contributed by atoms with Crippen molar-refractivity contribution in [1.82, 2.24) is 9.80 Å². The number of rotatable bonds is 2. The first kappa shape index (κ1) is 20.1. The molecule has 0 aliphatic carbocycles. The molecule has 2 aliphatic rings. The average Bonchev–Trinajstić information content (AvgIpc) is 3.10. The lowest BCUT2D eigenvalue weighted by Crippen LogP contribution is -2.30. The zero-order valence-electron chi connectivity index (χ0n) is 15.5. The Balaban J connectivity index is 0.000000161. The van der Waals surface area contributed by atoms with E-state index in [4.69, 9.17) is 20.1 Å². The molecule has 0 bridgehead atoms. The number of amides is 2. The molecule has 4 N–H and O–H groups in total. The highest BCUT2D eigenvalue weighted by atomic mass is 16.4. The standard InChI is InChI=1S/2C9H10BNO3/c1-11-5-6-4-7(10(13)14)2-3-8(6)9(11)12;1-11-5-6-2-3-7(10(13)14)4-8(6)9(11)12/h2*2-4,13-14H,5H2,1H3. The first-order valence-corrected chi connectivity index (χ1v) is 8.68. The van der Waals surface area contributed by atoms with E-state index in [1.54, 1.807) is 54.2 Å². The molecule has 0 unspecified atom stereocenters. The third-order valence-corrected chi connectivity index (χ3v) is 4.83. The molecule has 2 heterocycles. The molecule has 2 aromatic rings. The van der Waals surface area contributed by atoms with Crippen LogP contribution in [0.1, 0.15) is 31.8 Å². The van der Waals surface area contributed by atoms with E-state index in [9.17, 15) is 9.59 Å². The van der Waals surface area contributed by atoms with E-state index in [1.165, 1.54) is 6.07 Å². The van der Waals surface area contributed by atoms with Gasteiger partial charge in [-0.3, -0.25) is 9.59 Å². The van der Waals surface area contributed by atoms with E-state index < -0.39 is 14.2 Å². The van der Waals surface area contributed by atoms with Crippen molar-refractivity contribution in [2.75, 3.05) is 14.1 Å². The Kier molecular flexibility index (Phi) is 5.57. The summed E-state index contributed by atoms with van der Waals surface area (Å²) in [5.41, 5.74) is 3.78. The summed E-state index contributed by atoms with van der Waals surface area (Å²) in [6.45, 7) is 1.13. The van der Waals surface area contributed by atoms with Gasteiger partial charge in [-0.1, -0.05) is 24.3 Å². The molecule has 0 atom stereocenters. The fraction of sp³-hybridized carbons (Fsp3) is 0.222. The van der Waals surface area contributed by atoms with Gasteiger partial charge in [-0.25, -0.2) is 0 Å². The molecule has 0 spiro atoms. The quantitative estimate of drug-likeness (QED) is 0.442. The highest BCUT2D eigenvalue weighted by Crippen LogP contribution is 2.20. The number of carbonyl (C=O) groups is 2. The van der Waals surface area contributed by atoms with Crippen LogP contribution in [0, 0.1) is 0 Å². The topological polar surface area (TPSA) is 122 Å². The van der Waals surface area contributed by atoms with Crippen LogP contribution in [-0.4, -0.2) is 70.0 Å². The minimum atomic E-state index is -1.51. The van der Waals surface area contributed by atoms with E-state index in [1.807, 2.05) is 0 Å². The SMILES string of the molecule is CN1Cc2cc(B(O)O)ccc2C1=O.CN1Cc2ccc(B(O)O)cc2C1=O. The van der Waals surface area contributed by atoms with Crippen LogP contribution in [-0.2, 0) is 13.1 Å². The summed E-state index contributed by atoms with van der Waals surface area (Å²) < 4.78 is 0. The fourth-order valence-corrected chi connectivity index (χ4v) is 3.27. The maximum Gasteiger partial charge on any atom is 0.488 e. The van der Waals surface area contributed by atoms with E-state index in [-0.39, 0.29) is 11.8 Å². The van der Waals surface area contributed by atoms with Crippen LogP contribution >= 0.6 is 0 Å². The molecule has 8 nitrogen and oxygen atoms in total. The number of benzene rings is 2. The van der Waals surface area contributed by atoms with Gasteiger partial charge < -0.3 is 29.9 Å². The van der Waals surface area contributed by atoms with E-state index >= 15 is 0 Å². The smallest absolute Gasteiger partial charge is 0.423 e. The predicted octanol–water partition coefficient (Wildman–Crippen LogP) is -2.10. The summed E-state index contributed by atoms with van der Waals surface area (Å²) in [7, 11) is 0.453. The van der Waals surface area contributed by atoms with Gasteiger partial charge in [0.1, 0.15) is 0 Å². The number of nitrogens with zero attached hydrogens (tertiary/aromatic N) is 2. The highest BCUT2D eigenvalue weighted by molar-refractivity contribution is 6.59. The first-order chi connectivity index (χ1) is 13.2. The fourth-order valence-electron chi connectivity index (χ4n) is 3.27. The Labute approximate surface area is 162 Å². The van der Waals surface area contributed by atoms with Crippen LogP contribution < -0.4 is 10.9 Å². The van der Waals surface area contributed by atoms with E-state index in [0.29, 0.717) is 35.1 Å². The zero-order chi connectivity index (χ0) is 20.6. The van der Waals surface area contributed by atoms with Crippen molar-refractivity contribution in [1.29, 1.82) is 0 Å². The summed E-state index contributed by atoms with van der Waals surface area (Å²) in [5, 5.41) is 35.8. The van der Waals surface area contributed by atoms with Crippen LogP contribution in [0.2, 0.25) is 0 Å². The van der Waals surface area contributed by atoms with E-state index in [0.717, 1.165) is 11.1 Å². The van der Waals surface area contributed by atoms with Gasteiger partial charge in [0.25, 0.3) is 11.8 Å². The van der Waals surface area contributed by atoms with Crippen molar-refractivity contribution in [3.8, 4) is 0 Å². The molecule has 2 amide bonds. The summed E-state index contributed by atoms with van der Waals surface area (Å²) >= 11 is 0. The molecular formula is C18H20B2N2O6. The minimum Gasteiger partial charge on any atom is -0.423 e. The number of fused-ring (bicyclic) bond motifs is 2. The molecule has 10 heteroatoms. The molecule has 144 valence electrons. The van der Waals surface area contributed by atoms with Crippen molar-refractivity contribution in [2.24, 2.45) is 0 Å².